The largest absolute Gasteiger partial charge is 0.392 e. The van der Waals surface area contributed by atoms with Gasteiger partial charge in [0, 0.05) is 12.0 Å². The molecule has 3 rings (SSSR count). The maximum atomic E-state index is 9.26. The van der Waals surface area contributed by atoms with Crippen LogP contribution in [0.5, 0.6) is 0 Å². The summed E-state index contributed by atoms with van der Waals surface area (Å²) in [6, 6.07) is 14.5. The van der Waals surface area contributed by atoms with Crippen LogP contribution < -0.4 is 0 Å². The number of aliphatic hydroxyl groups is 1. The van der Waals surface area contributed by atoms with E-state index in [0.29, 0.717) is 6.42 Å². The van der Waals surface area contributed by atoms with E-state index in [9.17, 15) is 5.11 Å². The zero-order valence-corrected chi connectivity index (χ0v) is 10.3. The van der Waals surface area contributed by atoms with E-state index in [1.165, 1.54) is 10.8 Å². The van der Waals surface area contributed by atoms with Gasteiger partial charge in [0.25, 0.3) is 0 Å². The SMILES string of the molecule is CC1(CO)CC(c2ccc3ccccc3c2)=NO1. The molecule has 1 N–H and O–H groups in total. The van der Waals surface area contributed by atoms with Crippen LogP contribution in [0.2, 0.25) is 0 Å². The molecule has 3 nitrogen and oxygen atoms in total. The molecule has 1 heterocycles. The van der Waals surface area contributed by atoms with Crippen LogP contribution in [0.3, 0.4) is 0 Å². The highest BCUT2D eigenvalue weighted by molar-refractivity contribution is 6.04. The van der Waals surface area contributed by atoms with E-state index in [2.05, 4.69) is 29.4 Å². The van der Waals surface area contributed by atoms with Gasteiger partial charge in [-0.15, -0.1) is 0 Å². The minimum Gasteiger partial charge on any atom is -0.392 e. The predicted molar refractivity (Wildman–Crippen MR) is 71.7 cm³/mol. The molecular weight excluding hydrogens is 226 g/mol. The summed E-state index contributed by atoms with van der Waals surface area (Å²) in [5.41, 5.74) is 1.39. The van der Waals surface area contributed by atoms with E-state index in [-0.39, 0.29) is 6.61 Å². The topological polar surface area (TPSA) is 41.8 Å². The summed E-state index contributed by atoms with van der Waals surface area (Å²) in [5.74, 6) is 0. The molecule has 1 atom stereocenters. The molecule has 0 saturated carbocycles. The zero-order valence-electron chi connectivity index (χ0n) is 10.3. The Morgan fingerprint density at radius 2 is 2.00 bits per heavy atom. The molecule has 1 unspecified atom stereocenters. The van der Waals surface area contributed by atoms with Crippen LogP contribution in [0.1, 0.15) is 18.9 Å². The lowest BCUT2D eigenvalue weighted by molar-refractivity contribution is -0.0428. The fourth-order valence-electron chi connectivity index (χ4n) is 2.19. The van der Waals surface area contributed by atoms with Gasteiger partial charge in [-0.05, 0) is 23.8 Å². The summed E-state index contributed by atoms with van der Waals surface area (Å²) < 4.78 is 0. The number of rotatable bonds is 2. The molecule has 0 aliphatic carbocycles. The third-order valence-electron chi connectivity index (χ3n) is 3.33. The summed E-state index contributed by atoms with van der Waals surface area (Å²) in [6.07, 6.45) is 0.641. The maximum Gasteiger partial charge on any atom is 0.163 e. The van der Waals surface area contributed by atoms with Gasteiger partial charge in [0.2, 0.25) is 0 Å². The minimum atomic E-state index is -0.568. The standard InChI is InChI=1S/C15H15NO2/c1-15(10-17)9-14(16-18-15)13-7-6-11-4-2-3-5-12(11)8-13/h2-8,17H,9-10H2,1H3. The van der Waals surface area contributed by atoms with Gasteiger partial charge in [-0.1, -0.05) is 41.6 Å². The van der Waals surface area contributed by atoms with E-state index in [1.54, 1.807) is 0 Å². The fourth-order valence-corrected chi connectivity index (χ4v) is 2.19. The lowest BCUT2D eigenvalue weighted by Gasteiger charge is -2.17. The Labute approximate surface area is 106 Å². The van der Waals surface area contributed by atoms with Gasteiger partial charge in [0.1, 0.15) is 0 Å². The first kappa shape index (κ1) is 11.2. The Kier molecular flexibility index (Phi) is 2.56. The van der Waals surface area contributed by atoms with Crippen LogP contribution in [0.25, 0.3) is 10.8 Å². The van der Waals surface area contributed by atoms with Gasteiger partial charge in [-0.3, -0.25) is 0 Å². The molecule has 0 fully saturated rings. The van der Waals surface area contributed by atoms with Crippen LogP contribution in [-0.2, 0) is 4.84 Å². The van der Waals surface area contributed by atoms with Gasteiger partial charge in [-0.2, -0.15) is 0 Å². The van der Waals surface area contributed by atoms with Crippen molar-refractivity contribution in [3.05, 3.63) is 48.0 Å². The van der Waals surface area contributed by atoms with Crippen molar-refractivity contribution in [2.24, 2.45) is 5.16 Å². The third-order valence-corrected chi connectivity index (χ3v) is 3.33. The van der Waals surface area contributed by atoms with E-state index in [4.69, 9.17) is 4.84 Å². The first-order chi connectivity index (χ1) is 8.70. The van der Waals surface area contributed by atoms with Crippen molar-refractivity contribution < 1.29 is 9.94 Å². The van der Waals surface area contributed by atoms with Crippen molar-refractivity contribution in [3.8, 4) is 0 Å². The Bertz CT molecular complexity index is 621. The number of hydrogen-bond acceptors (Lipinski definition) is 3. The molecule has 0 saturated heterocycles. The zero-order chi connectivity index (χ0) is 12.6. The minimum absolute atomic E-state index is 0.0203. The molecule has 0 bridgehead atoms. The average Bonchev–Trinajstić information content (AvgIpc) is 2.82. The molecule has 0 aromatic heterocycles. The van der Waals surface area contributed by atoms with Gasteiger partial charge >= 0.3 is 0 Å². The van der Waals surface area contributed by atoms with Crippen molar-refractivity contribution in [3.63, 3.8) is 0 Å². The number of fused-ring (bicyclic) bond motifs is 1. The van der Waals surface area contributed by atoms with Crippen molar-refractivity contribution in [2.75, 3.05) is 6.61 Å². The van der Waals surface area contributed by atoms with Crippen molar-refractivity contribution in [1.82, 2.24) is 0 Å². The lowest BCUT2D eigenvalue weighted by atomic mass is 9.95. The summed E-state index contributed by atoms with van der Waals surface area (Å²) in [5, 5.41) is 15.8. The highest BCUT2D eigenvalue weighted by Crippen LogP contribution is 2.27. The monoisotopic (exact) mass is 241 g/mol. The Morgan fingerprint density at radius 1 is 1.22 bits per heavy atom. The summed E-state index contributed by atoms with van der Waals surface area (Å²) in [6.45, 7) is 1.85. The normalized spacial score (nSPS) is 22.9. The number of oxime groups is 1. The lowest BCUT2D eigenvalue weighted by Crippen LogP contribution is -2.29. The molecule has 1 aliphatic rings. The Balaban J connectivity index is 1.96. The van der Waals surface area contributed by atoms with Crippen LogP contribution in [-0.4, -0.2) is 23.0 Å². The number of nitrogens with zero attached hydrogens (tertiary/aromatic N) is 1. The fraction of sp³-hybridized carbons (Fsp3) is 0.267. The third kappa shape index (κ3) is 1.87. The number of aliphatic hydroxyl groups excluding tert-OH is 1. The molecule has 0 amide bonds. The number of benzene rings is 2. The Hall–Kier alpha value is -1.87. The Morgan fingerprint density at radius 3 is 2.72 bits per heavy atom. The van der Waals surface area contributed by atoms with Crippen molar-refractivity contribution in [1.29, 1.82) is 0 Å². The van der Waals surface area contributed by atoms with Crippen molar-refractivity contribution >= 4 is 16.5 Å². The molecule has 0 spiro atoms. The quantitative estimate of drug-likeness (QED) is 0.878. The molecule has 0 radical (unpaired) electrons. The van der Waals surface area contributed by atoms with Crippen LogP contribution in [0.15, 0.2) is 47.6 Å². The second-order valence-corrected chi connectivity index (χ2v) is 4.98. The highest BCUT2D eigenvalue weighted by atomic mass is 16.7. The molecule has 3 heteroatoms. The van der Waals surface area contributed by atoms with E-state index in [1.807, 2.05) is 25.1 Å². The molecule has 18 heavy (non-hydrogen) atoms. The summed E-state index contributed by atoms with van der Waals surface area (Å²) >= 11 is 0. The predicted octanol–water partition coefficient (Wildman–Crippen LogP) is 2.72. The first-order valence-corrected chi connectivity index (χ1v) is 6.05. The highest BCUT2D eigenvalue weighted by Gasteiger charge is 2.34. The summed E-state index contributed by atoms with van der Waals surface area (Å²) in [4.78, 5) is 5.31. The van der Waals surface area contributed by atoms with E-state index in [0.717, 1.165) is 11.3 Å². The number of hydrogen-bond donors (Lipinski definition) is 1. The van der Waals surface area contributed by atoms with Gasteiger partial charge in [0.15, 0.2) is 5.60 Å². The van der Waals surface area contributed by atoms with Crippen LogP contribution in [0, 0.1) is 0 Å². The smallest absolute Gasteiger partial charge is 0.163 e. The van der Waals surface area contributed by atoms with Crippen molar-refractivity contribution in [2.45, 2.75) is 18.9 Å². The van der Waals surface area contributed by atoms with E-state index >= 15 is 0 Å². The average molecular weight is 241 g/mol. The maximum absolute atomic E-state index is 9.26. The van der Waals surface area contributed by atoms with Crippen LogP contribution >= 0.6 is 0 Å². The van der Waals surface area contributed by atoms with Crippen LogP contribution in [0.4, 0.5) is 0 Å². The molecule has 1 aliphatic heterocycles. The molecule has 92 valence electrons. The second-order valence-electron chi connectivity index (χ2n) is 4.98. The van der Waals surface area contributed by atoms with Gasteiger partial charge in [-0.25, -0.2) is 0 Å². The van der Waals surface area contributed by atoms with Gasteiger partial charge in [0.05, 0.1) is 12.3 Å². The van der Waals surface area contributed by atoms with E-state index < -0.39 is 5.60 Å². The second kappa shape index (κ2) is 4.10. The summed E-state index contributed by atoms with van der Waals surface area (Å²) in [7, 11) is 0. The van der Waals surface area contributed by atoms with Gasteiger partial charge < -0.3 is 9.94 Å². The molecule has 2 aromatic carbocycles. The molecule has 2 aromatic rings. The molecular formula is C15H15NO2. The first-order valence-electron chi connectivity index (χ1n) is 6.05.